The normalized spacial score (nSPS) is 11.0. The molecule has 0 unspecified atom stereocenters. The summed E-state index contributed by atoms with van der Waals surface area (Å²) in [5.41, 5.74) is 2.09. The van der Waals surface area contributed by atoms with E-state index in [1.165, 1.54) is 12.4 Å². The fraction of sp³-hybridized carbons (Fsp3) is 0.375. The highest BCUT2D eigenvalue weighted by Gasteiger charge is 2.18. The zero-order chi connectivity index (χ0) is 15.4. The molecule has 0 aliphatic rings. The second-order valence-electron chi connectivity index (χ2n) is 5.19. The third kappa shape index (κ3) is 3.59. The van der Waals surface area contributed by atoms with Gasteiger partial charge in [-0.25, -0.2) is 14.4 Å². The van der Waals surface area contributed by atoms with Gasteiger partial charge in [0.05, 0.1) is 5.69 Å². The maximum absolute atomic E-state index is 14.2. The Morgan fingerprint density at radius 3 is 2.71 bits per heavy atom. The van der Waals surface area contributed by atoms with E-state index in [9.17, 15) is 4.39 Å². The highest BCUT2D eigenvalue weighted by atomic mass is 79.9. The number of hydrogen-bond donors (Lipinski definition) is 1. The number of halogens is 2. The van der Waals surface area contributed by atoms with Crippen molar-refractivity contribution < 1.29 is 4.39 Å². The van der Waals surface area contributed by atoms with Crippen LogP contribution in [0.25, 0.3) is 11.3 Å². The van der Waals surface area contributed by atoms with Crippen LogP contribution in [0.4, 0.5) is 10.2 Å². The summed E-state index contributed by atoms with van der Waals surface area (Å²) in [6, 6.07) is 4.89. The van der Waals surface area contributed by atoms with E-state index in [0.29, 0.717) is 11.3 Å². The third-order valence-electron chi connectivity index (χ3n) is 3.19. The van der Waals surface area contributed by atoms with Crippen LogP contribution in [0, 0.1) is 5.82 Å². The highest BCUT2D eigenvalue weighted by molar-refractivity contribution is 9.10. The lowest BCUT2D eigenvalue weighted by Crippen LogP contribution is -2.09. The van der Waals surface area contributed by atoms with Gasteiger partial charge in [0.15, 0.2) is 0 Å². The maximum Gasteiger partial charge on any atom is 0.133 e. The quantitative estimate of drug-likeness (QED) is 0.824. The van der Waals surface area contributed by atoms with Crippen molar-refractivity contribution in [2.75, 3.05) is 11.9 Å². The molecule has 1 N–H and O–H groups in total. The van der Waals surface area contributed by atoms with E-state index in [-0.39, 0.29) is 11.7 Å². The van der Waals surface area contributed by atoms with Gasteiger partial charge in [0.25, 0.3) is 0 Å². The van der Waals surface area contributed by atoms with E-state index in [0.717, 1.165) is 28.8 Å². The Balaban J connectivity index is 2.59. The van der Waals surface area contributed by atoms with Crippen molar-refractivity contribution in [2.45, 2.75) is 33.1 Å². The molecule has 1 aromatic carbocycles. The van der Waals surface area contributed by atoms with E-state index >= 15 is 0 Å². The minimum absolute atomic E-state index is 0.193. The van der Waals surface area contributed by atoms with Crippen LogP contribution >= 0.6 is 15.9 Å². The molecule has 0 fully saturated rings. The molecule has 112 valence electrons. The molecular formula is C16H19BrFN3. The molecule has 0 aliphatic carbocycles. The van der Waals surface area contributed by atoms with Crippen LogP contribution in [0.15, 0.2) is 29.0 Å². The molecule has 0 saturated heterocycles. The van der Waals surface area contributed by atoms with E-state index in [2.05, 4.69) is 52.0 Å². The maximum atomic E-state index is 14.2. The zero-order valence-corrected chi connectivity index (χ0v) is 14.0. The molecule has 0 radical (unpaired) electrons. The lowest BCUT2D eigenvalue weighted by atomic mass is 9.97. The topological polar surface area (TPSA) is 37.8 Å². The molecule has 2 rings (SSSR count). The Hall–Kier alpha value is -1.49. The molecular weight excluding hydrogens is 333 g/mol. The van der Waals surface area contributed by atoms with Crippen LogP contribution in [0.5, 0.6) is 0 Å². The van der Waals surface area contributed by atoms with Crippen LogP contribution in [0.3, 0.4) is 0 Å². The third-order valence-corrected chi connectivity index (χ3v) is 3.68. The van der Waals surface area contributed by atoms with Crippen LogP contribution in [0.2, 0.25) is 0 Å². The number of nitrogens with one attached hydrogen (secondary N) is 1. The van der Waals surface area contributed by atoms with E-state index in [1.807, 2.05) is 0 Å². The summed E-state index contributed by atoms with van der Waals surface area (Å²) < 4.78 is 15.0. The molecule has 1 aromatic heterocycles. The number of aromatic nitrogens is 2. The first kappa shape index (κ1) is 15.9. The summed E-state index contributed by atoms with van der Waals surface area (Å²) in [6.07, 6.45) is 2.49. The number of rotatable bonds is 5. The molecule has 0 atom stereocenters. The van der Waals surface area contributed by atoms with Crippen molar-refractivity contribution in [2.24, 2.45) is 0 Å². The molecule has 0 amide bonds. The van der Waals surface area contributed by atoms with Gasteiger partial charge >= 0.3 is 0 Å². The number of hydrogen-bond acceptors (Lipinski definition) is 3. The Bertz CT molecular complexity index is 629. The standard InChI is InChI=1S/C16H19BrFN3/c1-4-7-19-16-14(10(2)3)15(20-9-21-16)12-8-11(17)5-6-13(12)18/h5-6,8-10H,4,7H2,1-3H3,(H,19,20,21). The molecule has 0 saturated carbocycles. The summed E-state index contributed by atoms with van der Waals surface area (Å²) >= 11 is 3.39. The number of anilines is 1. The fourth-order valence-corrected chi connectivity index (χ4v) is 2.58. The summed E-state index contributed by atoms with van der Waals surface area (Å²) in [5, 5.41) is 3.30. The van der Waals surface area contributed by atoms with Crippen LogP contribution < -0.4 is 5.32 Å². The SMILES string of the molecule is CCCNc1ncnc(-c2cc(Br)ccc2F)c1C(C)C. The van der Waals surface area contributed by atoms with Gasteiger partial charge in [-0.1, -0.05) is 36.7 Å². The summed E-state index contributed by atoms with van der Waals surface area (Å²) in [5.74, 6) is 0.704. The highest BCUT2D eigenvalue weighted by Crippen LogP contribution is 2.34. The van der Waals surface area contributed by atoms with Gasteiger partial charge in [0.2, 0.25) is 0 Å². The van der Waals surface area contributed by atoms with Gasteiger partial charge in [-0.3, -0.25) is 0 Å². The van der Waals surface area contributed by atoms with Crippen molar-refractivity contribution in [3.63, 3.8) is 0 Å². The number of nitrogens with zero attached hydrogens (tertiary/aromatic N) is 2. The minimum atomic E-state index is -0.278. The molecule has 0 aliphatic heterocycles. The van der Waals surface area contributed by atoms with Crippen LogP contribution in [-0.4, -0.2) is 16.5 Å². The second kappa shape index (κ2) is 6.98. The number of benzene rings is 1. The molecule has 3 nitrogen and oxygen atoms in total. The predicted molar refractivity (Wildman–Crippen MR) is 88.0 cm³/mol. The van der Waals surface area contributed by atoms with Crippen molar-refractivity contribution in [1.82, 2.24) is 9.97 Å². The van der Waals surface area contributed by atoms with Crippen molar-refractivity contribution >= 4 is 21.7 Å². The summed E-state index contributed by atoms with van der Waals surface area (Å²) in [7, 11) is 0. The molecule has 0 spiro atoms. The first-order valence-electron chi connectivity index (χ1n) is 7.08. The minimum Gasteiger partial charge on any atom is -0.370 e. The van der Waals surface area contributed by atoms with Crippen molar-refractivity contribution in [3.8, 4) is 11.3 Å². The first-order valence-corrected chi connectivity index (χ1v) is 7.88. The van der Waals surface area contributed by atoms with Crippen molar-refractivity contribution in [3.05, 3.63) is 40.4 Å². The molecule has 5 heteroatoms. The van der Waals surface area contributed by atoms with Crippen LogP contribution in [0.1, 0.15) is 38.7 Å². The summed E-state index contributed by atoms with van der Waals surface area (Å²) in [4.78, 5) is 8.65. The van der Waals surface area contributed by atoms with Gasteiger partial charge in [-0.05, 0) is 30.5 Å². The Labute approximate surface area is 133 Å². The van der Waals surface area contributed by atoms with Crippen molar-refractivity contribution in [1.29, 1.82) is 0 Å². The molecule has 2 aromatic rings. The smallest absolute Gasteiger partial charge is 0.133 e. The first-order chi connectivity index (χ1) is 10.0. The Morgan fingerprint density at radius 1 is 1.29 bits per heavy atom. The van der Waals surface area contributed by atoms with E-state index < -0.39 is 0 Å². The second-order valence-corrected chi connectivity index (χ2v) is 6.11. The lowest BCUT2D eigenvalue weighted by Gasteiger charge is -2.17. The van der Waals surface area contributed by atoms with Gasteiger partial charge in [0, 0.05) is 22.1 Å². The monoisotopic (exact) mass is 351 g/mol. The molecule has 1 heterocycles. The van der Waals surface area contributed by atoms with E-state index in [4.69, 9.17) is 0 Å². The Morgan fingerprint density at radius 2 is 2.05 bits per heavy atom. The fourth-order valence-electron chi connectivity index (χ4n) is 2.22. The zero-order valence-electron chi connectivity index (χ0n) is 12.5. The lowest BCUT2D eigenvalue weighted by molar-refractivity contribution is 0.630. The van der Waals surface area contributed by atoms with Gasteiger partial charge < -0.3 is 5.32 Å². The molecule has 0 bridgehead atoms. The van der Waals surface area contributed by atoms with E-state index in [1.54, 1.807) is 12.1 Å². The van der Waals surface area contributed by atoms with Crippen LogP contribution in [-0.2, 0) is 0 Å². The average Bonchev–Trinajstić information content (AvgIpc) is 2.47. The molecule has 21 heavy (non-hydrogen) atoms. The predicted octanol–water partition coefficient (Wildman–Crippen LogP) is 4.99. The largest absolute Gasteiger partial charge is 0.370 e. The van der Waals surface area contributed by atoms with Gasteiger partial charge in [-0.15, -0.1) is 0 Å². The average molecular weight is 352 g/mol. The summed E-state index contributed by atoms with van der Waals surface area (Å²) in [6.45, 7) is 7.06. The van der Waals surface area contributed by atoms with Gasteiger partial charge in [0.1, 0.15) is 18.0 Å². The Kier molecular flexibility index (Phi) is 5.28. The van der Waals surface area contributed by atoms with Gasteiger partial charge in [-0.2, -0.15) is 0 Å².